The van der Waals surface area contributed by atoms with Crippen molar-refractivity contribution in [2.75, 3.05) is 6.54 Å². The fourth-order valence-electron chi connectivity index (χ4n) is 3.82. The first-order chi connectivity index (χ1) is 8.14. The second-order valence-corrected chi connectivity index (χ2v) is 5.85. The van der Waals surface area contributed by atoms with Gasteiger partial charge in [0.2, 0.25) is 5.91 Å². The largest absolute Gasteiger partial charge is 0.480 e. The molecule has 0 bridgehead atoms. The van der Waals surface area contributed by atoms with Crippen molar-refractivity contribution in [2.24, 2.45) is 11.3 Å². The Balaban J connectivity index is 1.69. The first-order valence-corrected chi connectivity index (χ1v) is 6.67. The van der Waals surface area contributed by atoms with Crippen molar-refractivity contribution in [1.82, 2.24) is 4.90 Å². The summed E-state index contributed by atoms with van der Waals surface area (Å²) >= 11 is 0. The molecule has 1 saturated heterocycles. The van der Waals surface area contributed by atoms with Gasteiger partial charge in [-0.3, -0.25) is 4.79 Å². The maximum Gasteiger partial charge on any atom is 0.326 e. The number of hydrogen-bond donors (Lipinski definition) is 1. The normalized spacial score (nSPS) is 34.2. The van der Waals surface area contributed by atoms with Gasteiger partial charge in [-0.15, -0.1) is 0 Å². The van der Waals surface area contributed by atoms with Gasteiger partial charge in [0.15, 0.2) is 0 Å². The van der Waals surface area contributed by atoms with E-state index >= 15 is 0 Å². The van der Waals surface area contributed by atoms with E-state index in [2.05, 4.69) is 0 Å². The molecule has 0 aromatic carbocycles. The molecule has 4 nitrogen and oxygen atoms in total. The molecule has 3 fully saturated rings. The Morgan fingerprint density at radius 2 is 1.88 bits per heavy atom. The highest BCUT2D eigenvalue weighted by molar-refractivity contribution is 5.88. The maximum absolute atomic E-state index is 12.3. The van der Waals surface area contributed by atoms with Crippen LogP contribution in [0.3, 0.4) is 0 Å². The summed E-state index contributed by atoms with van der Waals surface area (Å²) in [5.74, 6) is -0.571. The number of amides is 1. The van der Waals surface area contributed by atoms with Crippen LogP contribution in [-0.4, -0.2) is 34.5 Å². The second kappa shape index (κ2) is 3.72. The minimum atomic E-state index is -0.836. The lowest BCUT2D eigenvalue weighted by Gasteiger charge is -2.22. The number of likely N-dealkylation sites (tertiary alicyclic amines) is 1. The number of carboxylic acid groups (broad SMARTS) is 1. The lowest BCUT2D eigenvalue weighted by Crippen LogP contribution is -2.41. The Kier molecular flexibility index (Phi) is 2.42. The molecule has 0 aromatic rings. The number of rotatable bonds is 2. The molecule has 1 aliphatic heterocycles. The van der Waals surface area contributed by atoms with Crippen LogP contribution in [0.2, 0.25) is 0 Å². The van der Waals surface area contributed by atoms with Crippen LogP contribution < -0.4 is 0 Å². The van der Waals surface area contributed by atoms with Crippen molar-refractivity contribution in [1.29, 1.82) is 0 Å². The first-order valence-electron chi connectivity index (χ1n) is 6.67. The summed E-state index contributed by atoms with van der Waals surface area (Å²) in [6.07, 6.45) is 7.31. The Morgan fingerprint density at radius 1 is 1.18 bits per heavy atom. The van der Waals surface area contributed by atoms with Crippen LogP contribution in [0.25, 0.3) is 0 Å². The molecule has 2 saturated carbocycles. The predicted octanol–water partition coefficient (Wildman–Crippen LogP) is 1.64. The highest BCUT2D eigenvalue weighted by Gasteiger charge is 2.60. The molecule has 0 aromatic heterocycles. The Hall–Kier alpha value is -1.06. The van der Waals surface area contributed by atoms with Gasteiger partial charge in [-0.25, -0.2) is 4.79 Å². The van der Waals surface area contributed by atoms with E-state index < -0.39 is 12.0 Å². The van der Waals surface area contributed by atoms with E-state index in [0.29, 0.717) is 13.0 Å². The fraction of sp³-hybridized carbons (Fsp3) is 0.846. The molecule has 3 rings (SSSR count). The van der Waals surface area contributed by atoms with Crippen molar-refractivity contribution in [3.05, 3.63) is 0 Å². The van der Waals surface area contributed by atoms with E-state index in [1.807, 2.05) is 0 Å². The minimum absolute atomic E-state index is 0.122. The molecule has 1 amide bonds. The third-order valence-electron chi connectivity index (χ3n) is 4.91. The molecular weight excluding hydrogens is 218 g/mol. The topological polar surface area (TPSA) is 57.6 Å². The van der Waals surface area contributed by atoms with Crippen LogP contribution in [0.15, 0.2) is 0 Å². The van der Waals surface area contributed by atoms with Crippen molar-refractivity contribution in [3.63, 3.8) is 0 Å². The van der Waals surface area contributed by atoms with Crippen LogP contribution in [0.5, 0.6) is 0 Å². The van der Waals surface area contributed by atoms with E-state index in [1.54, 1.807) is 4.90 Å². The van der Waals surface area contributed by atoms with Crippen molar-refractivity contribution in [2.45, 2.75) is 51.0 Å². The summed E-state index contributed by atoms with van der Waals surface area (Å²) < 4.78 is 0. The van der Waals surface area contributed by atoms with Crippen LogP contribution in [0.1, 0.15) is 44.9 Å². The molecule has 0 radical (unpaired) electrons. The van der Waals surface area contributed by atoms with Crippen LogP contribution in [-0.2, 0) is 9.59 Å². The lowest BCUT2D eigenvalue weighted by atomic mass is 10.0. The molecule has 3 aliphatic rings. The third kappa shape index (κ3) is 1.65. The van der Waals surface area contributed by atoms with E-state index in [4.69, 9.17) is 5.11 Å². The standard InChI is InChI=1S/C13H19NO3/c15-11(9-8-13(9)5-1-2-6-13)14-7-3-4-10(14)12(16)17/h9-10H,1-8H2,(H,16,17)/t9?,10-/m0/s1. The van der Waals surface area contributed by atoms with Gasteiger partial charge < -0.3 is 10.0 Å². The van der Waals surface area contributed by atoms with Gasteiger partial charge in [0, 0.05) is 12.5 Å². The monoisotopic (exact) mass is 237 g/mol. The highest BCUT2D eigenvalue weighted by Crippen LogP contribution is 2.63. The lowest BCUT2D eigenvalue weighted by molar-refractivity contribution is -0.149. The number of carbonyl (C=O) groups is 2. The van der Waals surface area contributed by atoms with Gasteiger partial charge in [0.05, 0.1) is 0 Å². The zero-order valence-electron chi connectivity index (χ0n) is 10.0. The second-order valence-electron chi connectivity index (χ2n) is 5.85. The maximum atomic E-state index is 12.3. The Bertz CT molecular complexity index is 360. The third-order valence-corrected chi connectivity index (χ3v) is 4.91. The SMILES string of the molecule is O=C(O)[C@@H]1CCCN1C(=O)C1CC12CCCC2. The van der Waals surface area contributed by atoms with Gasteiger partial charge in [0.25, 0.3) is 0 Å². The number of carboxylic acids is 1. The average molecular weight is 237 g/mol. The molecular formula is C13H19NO3. The summed E-state index contributed by atoms with van der Waals surface area (Å²) in [6, 6.07) is -0.554. The number of nitrogens with zero attached hydrogens (tertiary/aromatic N) is 1. The summed E-state index contributed by atoms with van der Waals surface area (Å²) in [4.78, 5) is 25.0. The van der Waals surface area contributed by atoms with Gasteiger partial charge in [-0.2, -0.15) is 0 Å². The van der Waals surface area contributed by atoms with E-state index in [-0.39, 0.29) is 17.2 Å². The van der Waals surface area contributed by atoms with Crippen molar-refractivity contribution in [3.8, 4) is 0 Å². The Morgan fingerprint density at radius 3 is 2.53 bits per heavy atom. The van der Waals surface area contributed by atoms with E-state index in [0.717, 1.165) is 12.8 Å². The van der Waals surface area contributed by atoms with Gasteiger partial charge in [0.1, 0.15) is 6.04 Å². The van der Waals surface area contributed by atoms with Crippen LogP contribution >= 0.6 is 0 Å². The van der Waals surface area contributed by atoms with E-state index in [9.17, 15) is 9.59 Å². The number of carbonyl (C=O) groups excluding carboxylic acids is 1. The number of hydrogen-bond acceptors (Lipinski definition) is 2. The van der Waals surface area contributed by atoms with Gasteiger partial charge in [-0.05, 0) is 37.5 Å². The number of aliphatic carboxylic acids is 1. The predicted molar refractivity (Wildman–Crippen MR) is 61.4 cm³/mol. The molecule has 1 N–H and O–H groups in total. The zero-order valence-corrected chi connectivity index (χ0v) is 10.0. The molecule has 2 atom stereocenters. The molecule has 1 unspecified atom stereocenters. The van der Waals surface area contributed by atoms with Crippen LogP contribution in [0.4, 0.5) is 0 Å². The highest BCUT2D eigenvalue weighted by atomic mass is 16.4. The van der Waals surface area contributed by atoms with Crippen LogP contribution in [0, 0.1) is 11.3 Å². The molecule has 1 spiro atoms. The summed E-state index contributed by atoms with van der Waals surface area (Å²) in [5, 5.41) is 9.10. The van der Waals surface area contributed by atoms with E-state index in [1.165, 1.54) is 25.7 Å². The quantitative estimate of drug-likeness (QED) is 0.794. The summed E-state index contributed by atoms with van der Waals surface area (Å²) in [5.41, 5.74) is 0.280. The minimum Gasteiger partial charge on any atom is -0.480 e. The molecule has 94 valence electrons. The van der Waals surface area contributed by atoms with Gasteiger partial charge >= 0.3 is 5.97 Å². The zero-order chi connectivity index (χ0) is 12.0. The smallest absolute Gasteiger partial charge is 0.326 e. The van der Waals surface area contributed by atoms with Gasteiger partial charge in [-0.1, -0.05) is 12.8 Å². The first kappa shape index (κ1) is 11.1. The van der Waals surface area contributed by atoms with Crippen molar-refractivity contribution >= 4 is 11.9 Å². The molecule has 2 aliphatic carbocycles. The summed E-state index contributed by atoms with van der Waals surface area (Å²) in [6.45, 7) is 0.641. The van der Waals surface area contributed by atoms with Crippen molar-refractivity contribution < 1.29 is 14.7 Å². The average Bonchev–Trinajstić information content (AvgIpc) is 2.71. The fourth-order valence-corrected chi connectivity index (χ4v) is 3.82. The summed E-state index contributed by atoms with van der Waals surface area (Å²) in [7, 11) is 0. The molecule has 17 heavy (non-hydrogen) atoms. The Labute approximate surface area is 101 Å². The molecule has 4 heteroatoms. The molecule has 1 heterocycles.